The molecule has 0 radical (unpaired) electrons. The van der Waals surface area contributed by atoms with Crippen LogP contribution in [0.25, 0.3) is 0 Å². The fraction of sp³-hybridized carbons (Fsp3) is 0.778. The van der Waals surface area contributed by atoms with Crippen LogP contribution in [0.15, 0.2) is 10.8 Å². The Kier molecular flexibility index (Phi) is 12.5. The molecule has 1 aromatic rings. The monoisotopic (exact) mass is 614 g/mol. The molecule has 2 amide bonds. The number of carbonyl (C=O) groups is 3. The first-order valence-corrected chi connectivity index (χ1v) is 18.3. The van der Waals surface area contributed by atoms with Crippen LogP contribution in [-0.4, -0.2) is 65.6 Å². The standard InChI is InChI=1S/C27H47BrN4O5Si/c1-8-21(33)12-10-9-11-13-22(24-30-23(28)18-32(24)19-36-14-15-38(5,6)7)29-25(34)20-16-31(17-20)26(35)37-27(2,3)4/h18,20,22H,8-17,19H2,1-7H3,(H,29,34)/t22-/m0/s1. The molecule has 11 heteroatoms. The first kappa shape index (κ1) is 32.5. The highest BCUT2D eigenvalue weighted by Gasteiger charge is 2.39. The minimum atomic E-state index is -1.20. The van der Waals surface area contributed by atoms with Crippen LogP contribution in [0, 0.1) is 5.92 Å². The van der Waals surface area contributed by atoms with Crippen molar-refractivity contribution in [2.45, 2.75) is 110 Å². The van der Waals surface area contributed by atoms with Crippen LogP contribution in [0.4, 0.5) is 4.79 Å². The summed E-state index contributed by atoms with van der Waals surface area (Å²) in [5, 5.41) is 3.18. The van der Waals surface area contributed by atoms with Crippen LogP contribution < -0.4 is 5.32 Å². The molecule has 1 aromatic heterocycles. The average Bonchev–Trinajstić information content (AvgIpc) is 3.12. The molecule has 1 saturated heterocycles. The number of rotatable bonds is 15. The van der Waals surface area contributed by atoms with Gasteiger partial charge in [0, 0.05) is 46.8 Å². The number of ether oxygens (including phenoxy) is 2. The fourth-order valence-electron chi connectivity index (χ4n) is 4.02. The van der Waals surface area contributed by atoms with E-state index in [1.807, 2.05) is 38.5 Å². The van der Waals surface area contributed by atoms with Gasteiger partial charge in [-0.3, -0.25) is 9.59 Å². The number of nitrogens with zero attached hydrogens (tertiary/aromatic N) is 3. The molecule has 0 spiro atoms. The number of amides is 2. The fourth-order valence-corrected chi connectivity index (χ4v) is 5.21. The Morgan fingerprint density at radius 1 is 1.18 bits per heavy atom. The van der Waals surface area contributed by atoms with Gasteiger partial charge in [-0.2, -0.15) is 0 Å². The zero-order valence-corrected chi connectivity index (χ0v) is 26.9. The van der Waals surface area contributed by atoms with Crippen molar-refractivity contribution in [2.24, 2.45) is 5.92 Å². The number of hydrogen-bond donors (Lipinski definition) is 1. The van der Waals surface area contributed by atoms with E-state index >= 15 is 0 Å². The van der Waals surface area contributed by atoms with Gasteiger partial charge in [0.2, 0.25) is 5.91 Å². The summed E-state index contributed by atoms with van der Waals surface area (Å²) in [7, 11) is -1.20. The Bertz CT molecular complexity index is 935. The van der Waals surface area contributed by atoms with Crippen LogP contribution in [0.5, 0.6) is 0 Å². The predicted octanol–water partition coefficient (Wildman–Crippen LogP) is 5.91. The molecule has 2 heterocycles. The lowest BCUT2D eigenvalue weighted by atomic mass is 9.98. The minimum Gasteiger partial charge on any atom is -0.444 e. The Morgan fingerprint density at radius 3 is 2.47 bits per heavy atom. The van der Waals surface area contributed by atoms with Crippen molar-refractivity contribution in [3.05, 3.63) is 16.6 Å². The van der Waals surface area contributed by atoms with Gasteiger partial charge in [0.25, 0.3) is 0 Å². The normalized spacial score (nSPS) is 15.2. The lowest BCUT2D eigenvalue weighted by Gasteiger charge is -2.39. The molecule has 0 unspecified atom stereocenters. The van der Waals surface area contributed by atoms with Gasteiger partial charge in [-0.05, 0) is 55.6 Å². The zero-order valence-electron chi connectivity index (χ0n) is 24.3. The van der Waals surface area contributed by atoms with Gasteiger partial charge in [0.1, 0.15) is 28.5 Å². The summed E-state index contributed by atoms with van der Waals surface area (Å²) in [5.74, 6) is 0.642. The van der Waals surface area contributed by atoms with Gasteiger partial charge in [-0.15, -0.1) is 0 Å². The highest BCUT2D eigenvalue weighted by molar-refractivity contribution is 9.10. The van der Waals surface area contributed by atoms with E-state index in [1.54, 1.807) is 4.90 Å². The van der Waals surface area contributed by atoms with E-state index in [0.29, 0.717) is 50.3 Å². The van der Waals surface area contributed by atoms with E-state index in [0.717, 1.165) is 31.1 Å². The number of ketones is 1. The summed E-state index contributed by atoms with van der Waals surface area (Å²) in [5.41, 5.74) is -0.571. The van der Waals surface area contributed by atoms with Crippen molar-refractivity contribution < 1.29 is 23.9 Å². The lowest BCUT2D eigenvalue weighted by Crippen LogP contribution is -2.57. The Morgan fingerprint density at radius 2 is 1.87 bits per heavy atom. The second kappa shape index (κ2) is 14.6. The SMILES string of the molecule is CCC(=O)CCCCC[C@H](NC(=O)C1CN(C(=O)OC(C)(C)C)C1)c1nc(Br)cn1COCC[Si](C)(C)C. The van der Waals surface area contributed by atoms with Crippen molar-refractivity contribution in [1.29, 1.82) is 0 Å². The number of likely N-dealkylation sites (tertiary alicyclic amines) is 1. The predicted molar refractivity (Wildman–Crippen MR) is 155 cm³/mol. The van der Waals surface area contributed by atoms with E-state index in [4.69, 9.17) is 9.47 Å². The Hall–Kier alpha value is -1.72. The Labute approximate surface area is 237 Å². The van der Waals surface area contributed by atoms with E-state index in [-0.39, 0.29) is 23.7 Å². The number of halogens is 1. The minimum absolute atomic E-state index is 0.0960. The number of aromatic nitrogens is 2. The molecule has 38 heavy (non-hydrogen) atoms. The number of Topliss-reactive ketones (excluding diaryl/α,β-unsaturated/α-hetero) is 1. The first-order chi connectivity index (χ1) is 17.7. The van der Waals surface area contributed by atoms with E-state index < -0.39 is 19.8 Å². The van der Waals surface area contributed by atoms with Crippen LogP contribution in [0.3, 0.4) is 0 Å². The largest absolute Gasteiger partial charge is 0.444 e. The van der Waals surface area contributed by atoms with Crippen molar-refractivity contribution in [2.75, 3.05) is 19.7 Å². The summed E-state index contributed by atoms with van der Waals surface area (Å²) < 4.78 is 14.0. The Balaban J connectivity index is 2.02. The number of carbonyl (C=O) groups excluding carboxylic acids is 3. The second-order valence-electron chi connectivity index (χ2n) is 12.4. The van der Waals surface area contributed by atoms with Crippen molar-refractivity contribution in [3.63, 3.8) is 0 Å². The third-order valence-corrected chi connectivity index (χ3v) is 8.47. The van der Waals surface area contributed by atoms with Gasteiger partial charge in [-0.1, -0.05) is 39.4 Å². The number of imidazole rings is 1. The number of unbranched alkanes of at least 4 members (excludes halogenated alkanes) is 2. The van der Waals surface area contributed by atoms with Gasteiger partial charge in [0.05, 0.1) is 12.0 Å². The molecular weight excluding hydrogens is 568 g/mol. The molecule has 0 saturated carbocycles. The third kappa shape index (κ3) is 11.6. The highest BCUT2D eigenvalue weighted by Crippen LogP contribution is 2.25. The van der Waals surface area contributed by atoms with E-state index in [2.05, 4.69) is 45.9 Å². The molecule has 1 N–H and O–H groups in total. The zero-order chi connectivity index (χ0) is 28.5. The molecule has 0 aromatic carbocycles. The number of hydrogen-bond acceptors (Lipinski definition) is 6. The summed E-state index contributed by atoms with van der Waals surface area (Å²) in [4.78, 5) is 43.3. The highest BCUT2D eigenvalue weighted by atomic mass is 79.9. The molecule has 9 nitrogen and oxygen atoms in total. The molecule has 0 bridgehead atoms. The van der Waals surface area contributed by atoms with Crippen molar-refractivity contribution >= 4 is 41.8 Å². The van der Waals surface area contributed by atoms with Crippen molar-refractivity contribution in [1.82, 2.24) is 19.8 Å². The van der Waals surface area contributed by atoms with Crippen LogP contribution in [-0.2, 0) is 25.8 Å². The van der Waals surface area contributed by atoms with E-state index in [9.17, 15) is 14.4 Å². The first-order valence-electron chi connectivity index (χ1n) is 13.8. The molecule has 1 atom stereocenters. The molecule has 1 aliphatic rings. The molecule has 1 aliphatic heterocycles. The summed E-state index contributed by atoms with van der Waals surface area (Å²) in [6.45, 7) is 16.1. The van der Waals surface area contributed by atoms with E-state index in [1.165, 1.54) is 0 Å². The maximum atomic E-state index is 13.2. The maximum Gasteiger partial charge on any atom is 0.410 e. The lowest BCUT2D eigenvalue weighted by molar-refractivity contribution is -0.130. The third-order valence-electron chi connectivity index (χ3n) is 6.38. The smallest absolute Gasteiger partial charge is 0.410 e. The van der Waals surface area contributed by atoms with Crippen LogP contribution in [0.1, 0.15) is 78.1 Å². The topological polar surface area (TPSA) is 103 Å². The second-order valence-corrected chi connectivity index (χ2v) is 18.8. The van der Waals surface area contributed by atoms with Gasteiger partial charge in [0.15, 0.2) is 0 Å². The summed E-state index contributed by atoms with van der Waals surface area (Å²) >= 11 is 3.49. The van der Waals surface area contributed by atoms with Crippen molar-refractivity contribution in [3.8, 4) is 0 Å². The average molecular weight is 616 g/mol. The number of nitrogens with one attached hydrogen (secondary N) is 1. The maximum absolute atomic E-state index is 13.2. The summed E-state index contributed by atoms with van der Waals surface area (Å²) in [6, 6.07) is 0.775. The molecule has 216 valence electrons. The molecule has 0 aliphatic carbocycles. The van der Waals surface area contributed by atoms with Gasteiger partial charge >= 0.3 is 6.09 Å². The molecular formula is C27H47BrN4O5Si. The van der Waals surface area contributed by atoms with Gasteiger partial charge < -0.3 is 24.3 Å². The molecule has 2 rings (SSSR count). The quantitative estimate of drug-likeness (QED) is 0.194. The van der Waals surface area contributed by atoms with Gasteiger partial charge in [-0.25, -0.2) is 9.78 Å². The summed E-state index contributed by atoms with van der Waals surface area (Å²) in [6.07, 6.45) is 5.97. The van der Waals surface area contributed by atoms with Crippen LogP contribution >= 0.6 is 15.9 Å². The molecule has 1 fully saturated rings. The van der Waals surface area contributed by atoms with Crippen LogP contribution in [0.2, 0.25) is 25.7 Å².